The molecule has 22 heavy (non-hydrogen) atoms. The number of unbranched alkanes of at least 4 members (excludes halogenated alkanes) is 2. The number of amidine groups is 1. The Labute approximate surface area is 156 Å². The molecule has 0 aliphatic carbocycles. The quantitative estimate of drug-likeness (QED) is 0.436. The minimum absolute atomic E-state index is 0. The van der Waals surface area contributed by atoms with Crippen LogP contribution in [0.5, 0.6) is 0 Å². The Bertz CT molecular complexity index is 441. The number of quaternary nitrogens is 1. The minimum atomic E-state index is 0. The van der Waals surface area contributed by atoms with Gasteiger partial charge < -0.3 is 34.0 Å². The van der Waals surface area contributed by atoms with Gasteiger partial charge in [0.15, 0.2) is 0 Å². The Hall–Kier alpha value is -0.460. The summed E-state index contributed by atoms with van der Waals surface area (Å²) in [5.74, 6) is 1.20. The maximum atomic E-state index is 4.17. The fourth-order valence-electron chi connectivity index (χ4n) is 2.05. The third-order valence-corrected chi connectivity index (χ3v) is 3.40. The van der Waals surface area contributed by atoms with E-state index in [1.807, 2.05) is 13.2 Å². The average Bonchev–Trinajstić information content (AvgIpc) is 3.04. The first-order chi connectivity index (χ1) is 9.67. The van der Waals surface area contributed by atoms with Crippen molar-refractivity contribution in [2.45, 2.75) is 53.0 Å². The first-order valence-electron chi connectivity index (χ1n) is 7.75. The van der Waals surface area contributed by atoms with Gasteiger partial charge in [-0.15, -0.1) is 0 Å². The van der Waals surface area contributed by atoms with Crippen LogP contribution in [0.3, 0.4) is 0 Å². The summed E-state index contributed by atoms with van der Waals surface area (Å²) in [5.41, 5.74) is 0. The van der Waals surface area contributed by atoms with Crippen LogP contribution in [0.25, 0.3) is 0 Å². The summed E-state index contributed by atoms with van der Waals surface area (Å²) in [7, 11) is 2.04. The Morgan fingerprint density at radius 1 is 1.18 bits per heavy atom. The number of hydrogen-bond acceptors (Lipinski definition) is 1. The number of aliphatic imine (C=N–C) groups is 1. The first kappa shape index (κ1) is 23.8. The maximum Gasteiger partial charge on any atom is 0.243 e. The normalized spacial score (nSPS) is 15.3. The summed E-state index contributed by atoms with van der Waals surface area (Å²) in [5, 5.41) is 0. The van der Waals surface area contributed by atoms with E-state index in [4.69, 9.17) is 0 Å². The molecule has 0 saturated heterocycles. The largest absolute Gasteiger partial charge is 1.00 e. The Morgan fingerprint density at radius 3 is 2.32 bits per heavy atom. The molecule has 0 spiro atoms. The second-order valence-electron chi connectivity index (χ2n) is 5.33. The molecule has 0 amide bonds. The zero-order valence-electron chi connectivity index (χ0n) is 14.2. The minimum Gasteiger partial charge on any atom is -1.00 e. The van der Waals surface area contributed by atoms with Crippen LogP contribution >= 0.6 is 0 Å². The van der Waals surface area contributed by atoms with Gasteiger partial charge in [-0.25, -0.2) is 14.1 Å². The third kappa shape index (κ3) is 9.54. The van der Waals surface area contributed by atoms with E-state index in [2.05, 4.69) is 59.8 Å². The van der Waals surface area contributed by atoms with Crippen LogP contribution in [0, 0.1) is 0 Å². The zero-order chi connectivity index (χ0) is 14.8. The summed E-state index contributed by atoms with van der Waals surface area (Å²) in [4.78, 5) is 5.59. The van der Waals surface area contributed by atoms with Crippen molar-refractivity contribution >= 4 is 5.84 Å². The highest BCUT2D eigenvalue weighted by atomic mass is 79.9. The molecule has 1 unspecified atom stereocenters. The number of hydrogen-bond donors (Lipinski definition) is 1. The van der Waals surface area contributed by atoms with Gasteiger partial charge in [-0.3, -0.25) is 4.90 Å². The number of imidazole rings is 1. The molecule has 0 aromatic carbocycles. The SMILES string of the molecule is CCCC[NH+]1C=CN=C1C.CCCCn1cc[n+](C)c1.[Br-].[Br-]. The lowest BCUT2D eigenvalue weighted by atomic mass is 10.3. The summed E-state index contributed by atoms with van der Waals surface area (Å²) < 4.78 is 4.28. The van der Waals surface area contributed by atoms with E-state index in [-0.39, 0.29) is 34.0 Å². The van der Waals surface area contributed by atoms with Crippen molar-refractivity contribution in [3.05, 3.63) is 31.1 Å². The zero-order valence-corrected chi connectivity index (χ0v) is 17.4. The predicted molar refractivity (Wildman–Crippen MR) is 83.5 cm³/mol. The summed E-state index contributed by atoms with van der Waals surface area (Å²) in [6.07, 6.45) is 15.4. The van der Waals surface area contributed by atoms with Crippen molar-refractivity contribution in [1.29, 1.82) is 0 Å². The molecular weight excluding hydrogens is 408 g/mol. The molecule has 0 bridgehead atoms. The molecule has 1 aliphatic rings. The predicted octanol–water partition coefficient (Wildman–Crippen LogP) is -4.30. The Morgan fingerprint density at radius 2 is 1.86 bits per heavy atom. The van der Waals surface area contributed by atoms with Crippen molar-refractivity contribution < 1.29 is 43.4 Å². The van der Waals surface area contributed by atoms with Gasteiger partial charge in [0.1, 0.15) is 18.6 Å². The first-order valence-corrected chi connectivity index (χ1v) is 7.75. The summed E-state index contributed by atoms with van der Waals surface area (Å²) in [6.45, 7) is 8.85. The maximum absolute atomic E-state index is 4.17. The molecular formula is C16H30Br2N4. The number of nitrogens with one attached hydrogen (secondary N) is 1. The molecule has 2 heterocycles. The number of halogens is 2. The van der Waals surface area contributed by atoms with Gasteiger partial charge in [0.2, 0.25) is 12.2 Å². The second kappa shape index (κ2) is 14.2. The van der Waals surface area contributed by atoms with E-state index >= 15 is 0 Å². The molecule has 2 rings (SSSR count). The van der Waals surface area contributed by atoms with Gasteiger partial charge >= 0.3 is 0 Å². The molecule has 128 valence electrons. The van der Waals surface area contributed by atoms with Crippen LogP contribution in [0.15, 0.2) is 36.1 Å². The molecule has 0 saturated carbocycles. The molecule has 1 aliphatic heterocycles. The number of aryl methyl sites for hydroxylation is 2. The third-order valence-electron chi connectivity index (χ3n) is 3.40. The van der Waals surface area contributed by atoms with Gasteiger partial charge in [-0.2, -0.15) is 0 Å². The molecule has 6 heteroatoms. The van der Waals surface area contributed by atoms with Crippen molar-refractivity contribution in [3.8, 4) is 0 Å². The standard InChI is InChI=1S/C8H14N2.C8H15N2.2BrH/c1-3-4-6-10-7-5-9-8(10)2;1-3-4-5-10-7-6-9(2)8-10;;/h5,7H,3-4,6H2,1-2H3;6-8H,3-5H2,1-2H3;2*1H/q;+1;;/p-1. The Kier molecular flexibility index (Phi) is 15.3. The highest BCUT2D eigenvalue weighted by Crippen LogP contribution is 1.91. The van der Waals surface area contributed by atoms with Gasteiger partial charge in [0.25, 0.3) is 0 Å². The lowest BCUT2D eigenvalue weighted by molar-refractivity contribution is -0.745. The summed E-state index contributed by atoms with van der Waals surface area (Å²) >= 11 is 0. The molecule has 0 radical (unpaired) electrons. The molecule has 4 nitrogen and oxygen atoms in total. The highest BCUT2D eigenvalue weighted by Gasteiger charge is 2.11. The van der Waals surface area contributed by atoms with E-state index in [0.29, 0.717) is 0 Å². The van der Waals surface area contributed by atoms with E-state index in [1.165, 1.54) is 43.0 Å². The Balaban J connectivity index is 0. The van der Waals surface area contributed by atoms with Crippen LogP contribution in [0.2, 0.25) is 0 Å². The summed E-state index contributed by atoms with van der Waals surface area (Å²) in [6, 6.07) is 0. The van der Waals surface area contributed by atoms with Crippen molar-refractivity contribution in [3.63, 3.8) is 0 Å². The van der Waals surface area contributed by atoms with Crippen LogP contribution < -0.4 is 43.4 Å². The molecule has 1 N–H and O–H groups in total. The number of rotatable bonds is 6. The van der Waals surface area contributed by atoms with Gasteiger partial charge in [-0.05, 0) is 12.8 Å². The second-order valence-corrected chi connectivity index (χ2v) is 5.33. The van der Waals surface area contributed by atoms with E-state index in [0.717, 1.165) is 6.54 Å². The highest BCUT2D eigenvalue weighted by molar-refractivity contribution is 5.72. The molecule has 0 fully saturated rings. The van der Waals surface area contributed by atoms with Crippen molar-refractivity contribution in [2.24, 2.45) is 12.0 Å². The lowest BCUT2D eigenvalue weighted by Crippen LogP contribution is -3.08. The van der Waals surface area contributed by atoms with Crippen molar-refractivity contribution in [2.75, 3.05) is 6.54 Å². The van der Waals surface area contributed by atoms with E-state index in [1.54, 1.807) is 0 Å². The van der Waals surface area contributed by atoms with Gasteiger partial charge in [-0.1, -0.05) is 26.7 Å². The average molecular weight is 438 g/mol. The monoisotopic (exact) mass is 436 g/mol. The van der Waals surface area contributed by atoms with Crippen LogP contribution in [0.1, 0.15) is 46.5 Å². The lowest BCUT2D eigenvalue weighted by Gasteiger charge is -2.07. The molecule has 1 aromatic heterocycles. The molecule has 1 aromatic rings. The van der Waals surface area contributed by atoms with E-state index < -0.39 is 0 Å². The fourth-order valence-corrected chi connectivity index (χ4v) is 2.05. The van der Waals surface area contributed by atoms with E-state index in [9.17, 15) is 0 Å². The van der Waals surface area contributed by atoms with Crippen LogP contribution in [-0.4, -0.2) is 16.9 Å². The fraction of sp³-hybridized carbons (Fsp3) is 0.625. The smallest absolute Gasteiger partial charge is 0.243 e. The van der Waals surface area contributed by atoms with Crippen LogP contribution in [0.4, 0.5) is 0 Å². The topological polar surface area (TPSA) is 25.6 Å². The number of nitrogens with zero attached hydrogens (tertiary/aromatic N) is 3. The van der Waals surface area contributed by atoms with Gasteiger partial charge in [0, 0.05) is 6.92 Å². The van der Waals surface area contributed by atoms with Crippen molar-refractivity contribution in [1.82, 2.24) is 4.57 Å². The van der Waals surface area contributed by atoms with Gasteiger partial charge in [0.05, 0.1) is 26.3 Å². The molecule has 1 atom stereocenters. The number of aromatic nitrogens is 2. The van der Waals surface area contributed by atoms with Crippen LogP contribution in [-0.2, 0) is 13.6 Å².